The van der Waals surface area contributed by atoms with Crippen molar-refractivity contribution >= 4 is 11.7 Å². The number of hydrogen-bond acceptors (Lipinski definition) is 5. The fourth-order valence-corrected chi connectivity index (χ4v) is 1.37. The molecule has 1 aromatic rings. The molecular weight excluding hydrogens is 250 g/mol. The molecule has 1 atom stereocenters. The van der Waals surface area contributed by atoms with Gasteiger partial charge < -0.3 is 26.1 Å². The number of methoxy groups -OCH3 is 1. The third-order valence-corrected chi connectivity index (χ3v) is 2.64. The first-order valence-electron chi connectivity index (χ1n) is 5.62. The second-order valence-electron chi connectivity index (χ2n) is 4.02. The first-order valence-corrected chi connectivity index (χ1v) is 5.62. The first kappa shape index (κ1) is 14.6. The fraction of sp³-hybridized carbons (Fsp3) is 0.333. The molecule has 5 N–H and O–H groups in total. The van der Waals surface area contributed by atoms with Gasteiger partial charge in [0.1, 0.15) is 17.3 Å². The summed E-state index contributed by atoms with van der Waals surface area (Å²) in [6, 6.07) is 4.35. The number of nitrogens with zero attached hydrogens (tertiary/aromatic N) is 1. The number of ether oxygens (including phenoxy) is 1. The van der Waals surface area contributed by atoms with Gasteiger partial charge in [-0.2, -0.15) is 0 Å². The standard InChI is InChI=1S/C12H17N3O4/c1-7(11(13)15-18)6-14-12(17)9-5-8(19-2)3-4-10(9)16/h3-5,7,16,18H,6H2,1-2H3,(H2,13,15)(H,14,17). The van der Waals surface area contributed by atoms with E-state index in [0.29, 0.717) is 5.75 Å². The number of phenolic OH excluding ortho intramolecular Hbond substituents is 1. The molecule has 0 aliphatic carbocycles. The van der Waals surface area contributed by atoms with Gasteiger partial charge in [-0.15, -0.1) is 0 Å². The lowest BCUT2D eigenvalue weighted by Crippen LogP contribution is -2.34. The van der Waals surface area contributed by atoms with Gasteiger partial charge in [-0.3, -0.25) is 4.79 Å². The molecule has 7 heteroatoms. The Morgan fingerprint density at radius 2 is 2.26 bits per heavy atom. The largest absolute Gasteiger partial charge is 0.507 e. The summed E-state index contributed by atoms with van der Waals surface area (Å²) in [6.07, 6.45) is 0. The van der Waals surface area contributed by atoms with Gasteiger partial charge in [0.2, 0.25) is 0 Å². The van der Waals surface area contributed by atoms with Crippen LogP contribution in [0.1, 0.15) is 17.3 Å². The van der Waals surface area contributed by atoms with Crippen LogP contribution in [0, 0.1) is 5.92 Å². The van der Waals surface area contributed by atoms with Gasteiger partial charge in [-0.25, -0.2) is 0 Å². The minimum absolute atomic E-state index is 0.0233. The molecule has 0 heterocycles. The van der Waals surface area contributed by atoms with Crippen molar-refractivity contribution in [2.45, 2.75) is 6.92 Å². The van der Waals surface area contributed by atoms with Gasteiger partial charge in [-0.1, -0.05) is 12.1 Å². The topological polar surface area (TPSA) is 117 Å². The summed E-state index contributed by atoms with van der Waals surface area (Å²) in [7, 11) is 1.47. The van der Waals surface area contributed by atoms with Crippen LogP contribution in [0.3, 0.4) is 0 Å². The minimum atomic E-state index is -0.464. The Morgan fingerprint density at radius 1 is 1.58 bits per heavy atom. The maximum atomic E-state index is 11.9. The van der Waals surface area contributed by atoms with Gasteiger partial charge in [-0.05, 0) is 18.2 Å². The van der Waals surface area contributed by atoms with Crippen molar-refractivity contribution in [1.29, 1.82) is 0 Å². The number of amides is 1. The summed E-state index contributed by atoms with van der Waals surface area (Å²) in [5, 5.41) is 23.5. The zero-order chi connectivity index (χ0) is 14.4. The summed E-state index contributed by atoms with van der Waals surface area (Å²) < 4.78 is 4.98. The summed E-state index contributed by atoms with van der Waals surface area (Å²) >= 11 is 0. The smallest absolute Gasteiger partial charge is 0.255 e. The minimum Gasteiger partial charge on any atom is -0.507 e. The molecule has 0 saturated carbocycles. The van der Waals surface area contributed by atoms with Gasteiger partial charge >= 0.3 is 0 Å². The highest BCUT2D eigenvalue weighted by molar-refractivity contribution is 5.97. The SMILES string of the molecule is COc1ccc(O)c(C(=O)NCC(C)C(N)=NO)c1. The number of nitrogens with one attached hydrogen (secondary N) is 1. The average Bonchev–Trinajstić information content (AvgIpc) is 2.43. The van der Waals surface area contributed by atoms with Crippen molar-refractivity contribution in [3.8, 4) is 11.5 Å². The Balaban J connectivity index is 2.73. The summed E-state index contributed by atoms with van der Waals surface area (Å²) in [4.78, 5) is 11.9. The van der Waals surface area contributed by atoms with Crippen molar-refractivity contribution < 1.29 is 19.8 Å². The lowest BCUT2D eigenvalue weighted by atomic mass is 10.1. The molecule has 19 heavy (non-hydrogen) atoms. The molecule has 1 amide bonds. The number of carbonyl (C=O) groups is 1. The molecular formula is C12H17N3O4. The van der Waals surface area contributed by atoms with Gasteiger partial charge in [0, 0.05) is 12.5 Å². The third-order valence-electron chi connectivity index (χ3n) is 2.64. The van der Waals surface area contributed by atoms with E-state index in [2.05, 4.69) is 10.5 Å². The van der Waals surface area contributed by atoms with Crippen molar-refractivity contribution in [2.24, 2.45) is 16.8 Å². The number of amidine groups is 1. The highest BCUT2D eigenvalue weighted by Gasteiger charge is 2.14. The van der Waals surface area contributed by atoms with E-state index in [1.54, 1.807) is 13.0 Å². The molecule has 0 aromatic heterocycles. The van der Waals surface area contributed by atoms with E-state index >= 15 is 0 Å². The Kier molecular flexibility index (Phi) is 4.99. The van der Waals surface area contributed by atoms with Crippen LogP contribution in [0.4, 0.5) is 0 Å². The fourth-order valence-electron chi connectivity index (χ4n) is 1.37. The predicted octanol–water partition coefficient (Wildman–Crippen LogP) is 0.513. The van der Waals surface area contributed by atoms with Crippen molar-refractivity contribution in [1.82, 2.24) is 5.32 Å². The molecule has 0 aliphatic heterocycles. The highest BCUT2D eigenvalue weighted by atomic mass is 16.5. The molecule has 7 nitrogen and oxygen atoms in total. The van der Waals surface area contributed by atoms with Crippen LogP contribution in [0.15, 0.2) is 23.4 Å². The molecule has 104 valence electrons. The quantitative estimate of drug-likeness (QED) is 0.268. The van der Waals surface area contributed by atoms with E-state index in [1.165, 1.54) is 19.2 Å². The molecule has 0 saturated heterocycles. The normalized spacial score (nSPS) is 12.8. The number of oxime groups is 1. The average molecular weight is 267 g/mol. The number of hydrogen-bond donors (Lipinski definition) is 4. The van der Waals surface area contributed by atoms with E-state index in [-0.39, 0.29) is 29.6 Å². The lowest BCUT2D eigenvalue weighted by molar-refractivity contribution is 0.0948. The number of phenols is 1. The molecule has 0 aliphatic rings. The Morgan fingerprint density at radius 3 is 2.84 bits per heavy atom. The van der Waals surface area contributed by atoms with Crippen molar-refractivity contribution in [3.63, 3.8) is 0 Å². The lowest BCUT2D eigenvalue weighted by Gasteiger charge is -2.12. The number of nitrogens with two attached hydrogens (primary N) is 1. The maximum Gasteiger partial charge on any atom is 0.255 e. The number of carbonyl (C=O) groups excluding carboxylic acids is 1. The van der Waals surface area contributed by atoms with Crippen LogP contribution >= 0.6 is 0 Å². The van der Waals surface area contributed by atoms with Crippen molar-refractivity contribution in [3.05, 3.63) is 23.8 Å². The van der Waals surface area contributed by atoms with Crippen LogP contribution in [0.25, 0.3) is 0 Å². The number of aromatic hydroxyl groups is 1. The Labute approximate surface area is 110 Å². The monoisotopic (exact) mass is 267 g/mol. The van der Waals surface area contributed by atoms with E-state index in [0.717, 1.165) is 0 Å². The van der Waals surface area contributed by atoms with Crippen LogP contribution < -0.4 is 15.8 Å². The van der Waals surface area contributed by atoms with E-state index < -0.39 is 5.91 Å². The van der Waals surface area contributed by atoms with Crippen LogP contribution in [0.2, 0.25) is 0 Å². The molecule has 1 aromatic carbocycles. The van der Waals surface area contributed by atoms with E-state index in [1.807, 2.05) is 0 Å². The zero-order valence-electron chi connectivity index (χ0n) is 10.8. The van der Waals surface area contributed by atoms with Crippen LogP contribution in [0.5, 0.6) is 11.5 Å². The summed E-state index contributed by atoms with van der Waals surface area (Å²) in [6.45, 7) is 1.88. The molecule has 0 fully saturated rings. The molecule has 0 radical (unpaired) electrons. The zero-order valence-corrected chi connectivity index (χ0v) is 10.8. The Bertz CT molecular complexity index is 488. The first-order chi connectivity index (χ1) is 8.99. The van der Waals surface area contributed by atoms with E-state index in [9.17, 15) is 9.90 Å². The molecule has 1 unspecified atom stereocenters. The molecule has 0 spiro atoms. The maximum absolute atomic E-state index is 11.9. The van der Waals surface area contributed by atoms with Gasteiger partial charge in [0.05, 0.1) is 12.7 Å². The number of rotatable bonds is 5. The second kappa shape index (κ2) is 6.48. The molecule has 1 rings (SSSR count). The van der Waals surface area contributed by atoms with E-state index in [4.69, 9.17) is 15.7 Å². The Hall–Kier alpha value is -2.44. The highest BCUT2D eigenvalue weighted by Crippen LogP contribution is 2.22. The third kappa shape index (κ3) is 3.77. The van der Waals surface area contributed by atoms with Crippen LogP contribution in [-0.2, 0) is 0 Å². The van der Waals surface area contributed by atoms with Crippen molar-refractivity contribution in [2.75, 3.05) is 13.7 Å². The summed E-state index contributed by atoms with van der Waals surface area (Å²) in [5.41, 5.74) is 5.50. The number of benzene rings is 1. The van der Waals surface area contributed by atoms with Gasteiger partial charge in [0.15, 0.2) is 0 Å². The second-order valence-corrected chi connectivity index (χ2v) is 4.02. The summed E-state index contributed by atoms with van der Waals surface area (Å²) in [5.74, 6) is -0.437. The molecule has 0 bridgehead atoms. The van der Waals surface area contributed by atoms with Gasteiger partial charge in [0.25, 0.3) is 5.91 Å². The predicted molar refractivity (Wildman–Crippen MR) is 69.6 cm³/mol. The van der Waals surface area contributed by atoms with Crippen LogP contribution in [-0.4, -0.2) is 35.7 Å².